The molecule has 0 amide bonds. The summed E-state index contributed by atoms with van der Waals surface area (Å²) in [5, 5.41) is 3.17. The van der Waals surface area contributed by atoms with Crippen molar-refractivity contribution in [2.24, 2.45) is 5.92 Å². The maximum Gasteiger partial charge on any atom is 0.170 e. The van der Waals surface area contributed by atoms with Gasteiger partial charge < -0.3 is 10.2 Å². The first-order valence-electron chi connectivity index (χ1n) is 7.24. The molecule has 2 unspecified atom stereocenters. The minimum atomic E-state index is -0.163. The molecule has 1 aliphatic heterocycles. The SMILES string of the molecule is CCNCc1ccnc(N2CC(C)CCC2C)c1F. The molecular formula is C15H24FN3. The summed E-state index contributed by atoms with van der Waals surface area (Å²) < 4.78 is 14.5. The van der Waals surface area contributed by atoms with E-state index in [2.05, 4.69) is 29.0 Å². The zero-order chi connectivity index (χ0) is 13.8. The third-order valence-electron chi connectivity index (χ3n) is 3.91. The first-order chi connectivity index (χ1) is 9.13. The molecular weight excluding hydrogens is 241 g/mol. The lowest BCUT2D eigenvalue weighted by Gasteiger charge is -2.38. The molecule has 2 heterocycles. The van der Waals surface area contributed by atoms with Crippen molar-refractivity contribution in [2.75, 3.05) is 18.0 Å². The van der Waals surface area contributed by atoms with Crippen molar-refractivity contribution in [3.8, 4) is 0 Å². The van der Waals surface area contributed by atoms with E-state index in [4.69, 9.17) is 0 Å². The Balaban J connectivity index is 2.23. The summed E-state index contributed by atoms with van der Waals surface area (Å²) in [7, 11) is 0. The quantitative estimate of drug-likeness (QED) is 0.907. The van der Waals surface area contributed by atoms with E-state index in [0.717, 1.165) is 19.5 Å². The molecule has 1 N–H and O–H groups in total. The van der Waals surface area contributed by atoms with Crippen LogP contribution in [0.1, 0.15) is 39.2 Å². The Labute approximate surface area is 115 Å². The molecule has 3 nitrogen and oxygen atoms in total. The Hall–Kier alpha value is -1.16. The summed E-state index contributed by atoms with van der Waals surface area (Å²) in [5.41, 5.74) is 0.706. The van der Waals surface area contributed by atoms with Crippen molar-refractivity contribution < 1.29 is 4.39 Å². The average Bonchev–Trinajstić information content (AvgIpc) is 2.41. The number of hydrogen-bond acceptors (Lipinski definition) is 3. The van der Waals surface area contributed by atoms with E-state index in [1.807, 2.05) is 6.92 Å². The van der Waals surface area contributed by atoms with Gasteiger partial charge in [-0.15, -0.1) is 0 Å². The van der Waals surface area contributed by atoms with Crippen LogP contribution in [-0.2, 0) is 6.54 Å². The van der Waals surface area contributed by atoms with Gasteiger partial charge in [0.2, 0.25) is 0 Å². The van der Waals surface area contributed by atoms with Gasteiger partial charge in [-0.3, -0.25) is 0 Å². The number of aromatic nitrogens is 1. The molecule has 1 fully saturated rings. The van der Waals surface area contributed by atoms with Crippen molar-refractivity contribution in [1.29, 1.82) is 0 Å². The Kier molecular flexibility index (Phi) is 4.75. The van der Waals surface area contributed by atoms with E-state index in [1.165, 1.54) is 6.42 Å². The second-order valence-electron chi connectivity index (χ2n) is 5.57. The molecule has 4 heteroatoms. The van der Waals surface area contributed by atoms with Crippen LogP contribution in [0, 0.1) is 11.7 Å². The summed E-state index contributed by atoms with van der Waals surface area (Å²) in [6.45, 7) is 8.71. The van der Waals surface area contributed by atoms with Crippen LogP contribution in [-0.4, -0.2) is 24.1 Å². The molecule has 0 spiro atoms. The van der Waals surface area contributed by atoms with Gasteiger partial charge in [0, 0.05) is 30.9 Å². The van der Waals surface area contributed by atoms with E-state index >= 15 is 0 Å². The van der Waals surface area contributed by atoms with E-state index in [-0.39, 0.29) is 5.82 Å². The fraction of sp³-hybridized carbons (Fsp3) is 0.667. The molecule has 0 saturated carbocycles. The van der Waals surface area contributed by atoms with Gasteiger partial charge in [0.05, 0.1) is 0 Å². The zero-order valence-corrected chi connectivity index (χ0v) is 12.1. The lowest BCUT2D eigenvalue weighted by atomic mass is 9.95. The van der Waals surface area contributed by atoms with Gasteiger partial charge in [0.25, 0.3) is 0 Å². The maximum atomic E-state index is 14.5. The van der Waals surface area contributed by atoms with Gasteiger partial charge in [-0.2, -0.15) is 0 Å². The molecule has 106 valence electrons. The second kappa shape index (κ2) is 6.33. The van der Waals surface area contributed by atoms with Crippen LogP contribution in [0.3, 0.4) is 0 Å². The summed E-state index contributed by atoms with van der Waals surface area (Å²) in [6, 6.07) is 2.13. The smallest absolute Gasteiger partial charge is 0.170 e. The summed E-state index contributed by atoms with van der Waals surface area (Å²) in [4.78, 5) is 6.40. The van der Waals surface area contributed by atoms with Crippen LogP contribution in [0.15, 0.2) is 12.3 Å². The minimum absolute atomic E-state index is 0.163. The molecule has 1 aromatic heterocycles. The molecule has 2 rings (SSSR count). The van der Waals surface area contributed by atoms with E-state index < -0.39 is 0 Å². The van der Waals surface area contributed by atoms with Crippen LogP contribution >= 0.6 is 0 Å². The first kappa shape index (κ1) is 14.3. The van der Waals surface area contributed by atoms with Crippen molar-refractivity contribution >= 4 is 5.82 Å². The number of nitrogens with zero attached hydrogens (tertiary/aromatic N) is 2. The Morgan fingerprint density at radius 3 is 2.95 bits per heavy atom. The van der Waals surface area contributed by atoms with Gasteiger partial charge in [-0.25, -0.2) is 9.37 Å². The van der Waals surface area contributed by atoms with Gasteiger partial charge in [0.1, 0.15) is 0 Å². The van der Waals surface area contributed by atoms with Crippen molar-refractivity contribution in [2.45, 2.75) is 46.2 Å². The number of halogens is 1. The number of hydrogen-bond donors (Lipinski definition) is 1. The molecule has 0 bridgehead atoms. The number of rotatable bonds is 4. The number of nitrogens with one attached hydrogen (secondary N) is 1. The van der Waals surface area contributed by atoms with Crippen LogP contribution < -0.4 is 10.2 Å². The number of piperidine rings is 1. The largest absolute Gasteiger partial charge is 0.351 e. The highest BCUT2D eigenvalue weighted by Gasteiger charge is 2.26. The fourth-order valence-electron chi connectivity index (χ4n) is 2.65. The van der Waals surface area contributed by atoms with Crippen LogP contribution in [0.5, 0.6) is 0 Å². The summed E-state index contributed by atoms with van der Waals surface area (Å²) >= 11 is 0. The van der Waals surface area contributed by atoms with Gasteiger partial charge in [0.15, 0.2) is 11.6 Å². The third-order valence-corrected chi connectivity index (χ3v) is 3.91. The third kappa shape index (κ3) is 3.24. The molecule has 1 saturated heterocycles. The predicted octanol–water partition coefficient (Wildman–Crippen LogP) is 2.96. The highest BCUT2D eigenvalue weighted by Crippen LogP contribution is 2.28. The molecule has 0 aliphatic carbocycles. The normalized spacial score (nSPS) is 23.7. The highest BCUT2D eigenvalue weighted by atomic mass is 19.1. The predicted molar refractivity (Wildman–Crippen MR) is 76.8 cm³/mol. The first-order valence-corrected chi connectivity index (χ1v) is 7.24. The fourth-order valence-corrected chi connectivity index (χ4v) is 2.65. The minimum Gasteiger partial charge on any atom is -0.351 e. The van der Waals surface area contributed by atoms with Crippen molar-refractivity contribution in [3.63, 3.8) is 0 Å². The Bertz CT molecular complexity index is 422. The molecule has 2 atom stereocenters. The van der Waals surface area contributed by atoms with Gasteiger partial charge in [-0.1, -0.05) is 13.8 Å². The second-order valence-corrected chi connectivity index (χ2v) is 5.57. The maximum absolute atomic E-state index is 14.5. The lowest BCUT2D eigenvalue weighted by molar-refractivity contribution is 0.383. The molecule has 0 radical (unpaired) electrons. The topological polar surface area (TPSA) is 28.2 Å². The zero-order valence-electron chi connectivity index (χ0n) is 12.1. The average molecular weight is 265 g/mol. The Morgan fingerprint density at radius 1 is 1.42 bits per heavy atom. The summed E-state index contributed by atoms with van der Waals surface area (Å²) in [6.07, 6.45) is 4.05. The number of pyridine rings is 1. The molecule has 1 aliphatic rings. The van der Waals surface area contributed by atoms with E-state index in [9.17, 15) is 4.39 Å². The standard InChI is InChI=1S/C15H24FN3/c1-4-17-9-13-7-8-18-15(14(13)16)19-10-11(2)5-6-12(19)3/h7-8,11-12,17H,4-6,9-10H2,1-3H3. The van der Waals surface area contributed by atoms with Gasteiger partial charge in [-0.05, 0) is 38.3 Å². The van der Waals surface area contributed by atoms with Crippen molar-refractivity contribution in [1.82, 2.24) is 10.3 Å². The van der Waals surface area contributed by atoms with Gasteiger partial charge >= 0.3 is 0 Å². The monoisotopic (exact) mass is 265 g/mol. The van der Waals surface area contributed by atoms with Crippen LogP contribution in [0.25, 0.3) is 0 Å². The summed E-state index contributed by atoms with van der Waals surface area (Å²) in [5.74, 6) is 0.966. The van der Waals surface area contributed by atoms with Crippen LogP contribution in [0.2, 0.25) is 0 Å². The lowest BCUT2D eigenvalue weighted by Crippen LogP contribution is -2.42. The molecule has 1 aromatic rings. The number of anilines is 1. The highest BCUT2D eigenvalue weighted by molar-refractivity contribution is 5.44. The Morgan fingerprint density at radius 2 is 2.21 bits per heavy atom. The van der Waals surface area contributed by atoms with E-state index in [1.54, 1.807) is 12.3 Å². The van der Waals surface area contributed by atoms with Crippen LogP contribution in [0.4, 0.5) is 10.2 Å². The van der Waals surface area contributed by atoms with E-state index in [0.29, 0.717) is 29.9 Å². The molecule has 19 heavy (non-hydrogen) atoms. The van der Waals surface area contributed by atoms with Crippen molar-refractivity contribution in [3.05, 3.63) is 23.6 Å². The molecule has 0 aromatic carbocycles.